The number of H-pyrrole nitrogens is 1. The number of phosphoric acid groups is 1. The third-order valence-corrected chi connectivity index (χ3v) is 9.75. The van der Waals surface area contributed by atoms with Crippen molar-refractivity contribution in [1.82, 2.24) is 39.5 Å². The highest BCUT2D eigenvalue weighted by atomic mass is 32.5. The Kier molecular flexibility index (Phi) is 7.49. The second-order valence-corrected chi connectivity index (χ2v) is 14.3. The van der Waals surface area contributed by atoms with Crippen LogP contribution in [0.15, 0.2) is 23.4 Å². The van der Waals surface area contributed by atoms with E-state index >= 15 is 8.78 Å². The predicted octanol–water partition coefficient (Wildman–Crippen LogP) is -0.271. The van der Waals surface area contributed by atoms with E-state index in [1.165, 1.54) is 12.3 Å². The molecule has 45 heavy (non-hydrogen) atoms. The maximum absolute atomic E-state index is 15.9. The van der Waals surface area contributed by atoms with Crippen molar-refractivity contribution in [3.8, 4) is 0 Å². The maximum atomic E-state index is 15.9. The number of nitrogens with zero attached hydrogens (tertiary/aromatic N) is 7. The van der Waals surface area contributed by atoms with E-state index in [1.54, 1.807) is 0 Å². The SMILES string of the molecule is Nc1nc2c(ncn2[C@@H]2O[C@@H]3COP(O)(=S)O[C@H]4[C@H](F)[C@H](n5nnc6c(N)ccnc65)O[C@@H]4COP(=O)(O)O[C@@H]2[C@H]3F)c(=O)[nH]1. The predicted molar refractivity (Wildman–Crippen MR) is 148 cm³/mol. The summed E-state index contributed by atoms with van der Waals surface area (Å²) in [5.74, 6) is -0.299. The number of nitrogen functional groups attached to an aromatic ring is 2. The third kappa shape index (κ3) is 5.42. The molecule has 3 fully saturated rings. The lowest BCUT2D eigenvalue weighted by Crippen LogP contribution is -2.34. The summed E-state index contributed by atoms with van der Waals surface area (Å²) in [6.45, 7) is -6.04. The summed E-state index contributed by atoms with van der Waals surface area (Å²) in [6.07, 6.45) is -11.9. The fraction of sp³-hybridized carbons (Fsp3) is 0.500. The van der Waals surface area contributed by atoms with Crippen LogP contribution in [0.3, 0.4) is 0 Å². The van der Waals surface area contributed by atoms with Gasteiger partial charge in [-0.2, -0.15) is 9.67 Å². The first-order valence-corrected chi connectivity index (χ1v) is 17.0. The maximum Gasteiger partial charge on any atom is 0.472 e. The summed E-state index contributed by atoms with van der Waals surface area (Å²) in [4.78, 5) is 48.0. The van der Waals surface area contributed by atoms with Crippen molar-refractivity contribution in [2.45, 2.75) is 49.2 Å². The molecule has 25 heteroatoms. The second-order valence-electron chi connectivity index (χ2n) is 10.1. The van der Waals surface area contributed by atoms with Gasteiger partial charge in [-0.1, -0.05) is 5.21 Å². The Balaban J connectivity index is 1.21. The van der Waals surface area contributed by atoms with Crippen LogP contribution in [0.1, 0.15) is 12.5 Å². The highest BCUT2D eigenvalue weighted by molar-refractivity contribution is 8.07. The zero-order valence-corrected chi connectivity index (χ0v) is 24.9. The first-order chi connectivity index (χ1) is 21.3. The molecule has 0 aromatic carbocycles. The quantitative estimate of drug-likeness (QED) is 0.169. The van der Waals surface area contributed by atoms with Gasteiger partial charge in [0.15, 0.2) is 47.1 Å². The van der Waals surface area contributed by atoms with Gasteiger partial charge in [0, 0.05) is 6.20 Å². The number of hydrogen-bond donors (Lipinski definition) is 5. The van der Waals surface area contributed by atoms with Crippen molar-refractivity contribution in [2.24, 2.45) is 0 Å². The van der Waals surface area contributed by atoms with Crippen LogP contribution >= 0.6 is 14.5 Å². The van der Waals surface area contributed by atoms with E-state index in [1.807, 2.05) is 0 Å². The summed E-state index contributed by atoms with van der Waals surface area (Å²) < 4.78 is 79.4. The van der Waals surface area contributed by atoms with Gasteiger partial charge < -0.3 is 35.3 Å². The highest BCUT2D eigenvalue weighted by Gasteiger charge is 2.54. The summed E-state index contributed by atoms with van der Waals surface area (Å²) >= 11 is 5.07. The van der Waals surface area contributed by atoms with Gasteiger partial charge in [-0.05, 0) is 17.9 Å². The van der Waals surface area contributed by atoms with E-state index in [-0.39, 0.29) is 34.0 Å². The molecule has 2 unspecified atom stereocenters. The number of aromatic amines is 1. The van der Waals surface area contributed by atoms with E-state index < -0.39 is 82.5 Å². The van der Waals surface area contributed by atoms with Crippen LogP contribution in [-0.2, 0) is 43.9 Å². The summed E-state index contributed by atoms with van der Waals surface area (Å²) in [5.41, 5.74) is 10.9. The topological polar surface area (TPSA) is 272 Å². The molecule has 0 saturated carbocycles. The van der Waals surface area contributed by atoms with Gasteiger partial charge in [0.1, 0.15) is 24.4 Å². The lowest BCUT2D eigenvalue weighted by Gasteiger charge is -2.26. The first-order valence-electron chi connectivity index (χ1n) is 12.9. The minimum atomic E-state index is -5.19. The van der Waals surface area contributed by atoms with Crippen molar-refractivity contribution < 1.29 is 50.7 Å². The van der Waals surface area contributed by atoms with E-state index in [0.29, 0.717) is 0 Å². The van der Waals surface area contributed by atoms with Crippen molar-refractivity contribution in [1.29, 1.82) is 0 Å². The Morgan fingerprint density at radius 1 is 1.00 bits per heavy atom. The molecule has 4 aromatic rings. The first kappa shape index (κ1) is 30.6. The minimum Gasteiger partial charge on any atom is -0.397 e. The van der Waals surface area contributed by atoms with E-state index in [0.717, 1.165) is 15.6 Å². The molecule has 0 spiro atoms. The molecule has 7 heterocycles. The van der Waals surface area contributed by atoms with Crippen LogP contribution in [0, 0.1) is 0 Å². The summed E-state index contributed by atoms with van der Waals surface area (Å²) in [5, 5.41) is 7.75. The van der Waals surface area contributed by atoms with E-state index in [2.05, 4.69) is 30.2 Å². The largest absolute Gasteiger partial charge is 0.472 e. The molecule has 0 radical (unpaired) electrons. The number of aromatic nitrogens is 8. The van der Waals surface area contributed by atoms with Gasteiger partial charge in [-0.15, -0.1) is 5.10 Å². The van der Waals surface area contributed by atoms with Crippen molar-refractivity contribution in [3.05, 3.63) is 28.9 Å². The minimum absolute atomic E-state index is 0.0484. The number of nitrogens with one attached hydrogen (secondary N) is 1. The monoisotopic (exact) mass is 694 g/mol. The Hall–Kier alpha value is -3.08. The van der Waals surface area contributed by atoms with Gasteiger partial charge in [0.25, 0.3) is 5.56 Å². The molecule has 242 valence electrons. The number of pyridine rings is 1. The summed E-state index contributed by atoms with van der Waals surface area (Å²) in [6, 6.07) is 1.46. The molecule has 10 atom stereocenters. The highest BCUT2D eigenvalue weighted by Crippen LogP contribution is 2.54. The number of nitrogens with two attached hydrogens (primary N) is 2. The molecule has 3 aliphatic rings. The Morgan fingerprint density at radius 3 is 2.56 bits per heavy atom. The lowest BCUT2D eigenvalue weighted by atomic mass is 10.1. The number of rotatable bonds is 2. The molecule has 0 aliphatic carbocycles. The van der Waals surface area contributed by atoms with Crippen molar-refractivity contribution >= 4 is 60.3 Å². The molecular formula is C20H22F2N10O10P2S. The molecule has 20 nitrogen and oxygen atoms in total. The standard InChI is InChI=1S/C20H22F2N10O10P2S/c21-9-7-3-38-44(36,45)42-13-8(40-18(10(13)22)32-15-11(29-30-32)6(23)1-2-25-15)4-37-43(34,35)41-14(9)19(39-7)31-5-26-12-16(31)27-20(24)28-17(12)33/h1-2,5,7-10,13-14,18-19H,3-4H2,(H2,23,25)(H,34,35)(H,36,45)(H3,24,27,28,33)/t7-,8-,9+,10+,13-,14-,18-,19-,44?/m1/s1. The number of alkyl halides is 2. The number of imidazole rings is 1. The fourth-order valence-corrected chi connectivity index (χ4v) is 7.55. The normalized spacial score (nSPS) is 37.7. The molecule has 3 saturated heterocycles. The molecule has 2 bridgehead atoms. The average molecular weight is 694 g/mol. The Bertz CT molecular complexity index is 1950. The molecule has 4 aromatic heterocycles. The van der Waals surface area contributed by atoms with E-state index in [9.17, 15) is 19.1 Å². The number of halogens is 2. The fourth-order valence-electron chi connectivity index (χ4n) is 5.18. The van der Waals surface area contributed by atoms with Crippen LogP contribution in [0.25, 0.3) is 22.3 Å². The lowest BCUT2D eigenvalue weighted by molar-refractivity contribution is -0.0659. The molecule has 7 N–H and O–H groups in total. The van der Waals surface area contributed by atoms with E-state index in [4.69, 9.17) is 50.8 Å². The summed E-state index contributed by atoms with van der Waals surface area (Å²) in [7, 11) is -5.19. The molecule has 3 aliphatic heterocycles. The zero-order valence-electron chi connectivity index (χ0n) is 22.3. The molecular weight excluding hydrogens is 672 g/mol. The third-order valence-electron chi connectivity index (χ3n) is 7.21. The van der Waals surface area contributed by atoms with Crippen LogP contribution in [-0.4, -0.2) is 99.3 Å². The number of phosphoric ester groups is 1. The van der Waals surface area contributed by atoms with Crippen LogP contribution in [0.5, 0.6) is 0 Å². The van der Waals surface area contributed by atoms with Crippen LogP contribution in [0.2, 0.25) is 0 Å². The van der Waals surface area contributed by atoms with Gasteiger partial charge in [-0.3, -0.25) is 27.9 Å². The smallest absolute Gasteiger partial charge is 0.397 e. The van der Waals surface area contributed by atoms with Crippen LogP contribution in [0.4, 0.5) is 20.4 Å². The number of hydrogen-bond acceptors (Lipinski definition) is 16. The van der Waals surface area contributed by atoms with Gasteiger partial charge in [-0.25, -0.2) is 23.3 Å². The van der Waals surface area contributed by atoms with Crippen molar-refractivity contribution in [3.63, 3.8) is 0 Å². The Labute approximate surface area is 253 Å². The molecule has 0 amide bonds. The Morgan fingerprint density at radius 2 is 1.76 bits per heavy atom. The zero-order chi connectivity index (χ0) is 31.8. The molecule has 7 rings (SSSR count). The number of anilines is 2. The second kappa shape index (κ2) is 11.0. The van der Waals surface area contributed by atoms with Crippen LogP contribution < -0.4 is 17.0 Å². The van der Waals surface area contributed by atoms with Gasteiger partial charge in [0.05, 0.1) is 25.2 Å². The number of ether oxygens (including phenoxy) is 2. The number of fused-ring (bicyclic) bond motifs is 5. The van der Waals surface area contributed by atoms with Gasteiger partial charge >= 0.3 is 14.5 Å². The van der Waals surface area contributed by atoms with Crippen molar-refractivity contribution in [2.75, 3.05) is 24.7 Å². The average Bonchev–Trinajstić information content (AvgIpc) is 3.72. The van der Waals surface area contributed by atoms with Gasteiger partial charge in [0.2, 0.25) is 5.95 Å².